The van der Waals surface area contributed by atoms with Gasteiger partial charge in [0.1, 0.15) is 11.5 Å². The maximum atomic E-state index is 5.99. The van der Waals surface area contributed by atoms with Crippen LogP contribution >= 0.6 is 0 Å². The van der Waals surface area contributed by atoms with Gasteiger partial charge in [-0.2, -0.15) is 0 Å². The van der Waals surface area contributed by atoms with E-state index < -0.39 is 0 Å². The van der Waals surface area contributed by atoms with Crippen LogP contribution in [0.1, 0.15) is 0 Å². The predicted molar refractivity (Wildman–Crippen MR) is 116 cm³/mol. The zero-order valence-corrected chi connectivity index (χ0v) is 15.3. The highest BCUT2D eigenvalue weighted by Crippen LogP contribution is 2.36. The SMILES string of the molecule is Nc1ccc(Oc2ccc(N(c3ccccc3)c3ccccc3)cc2)c(N)c1. The van der Waals surface area contributed by atoms with E-state index in [2.05, 4.69) is 29.2 Å². The molecule has 4 rings (SSSR count). The molecule has 4 aromatic rings. The Bertz CT molecular complexity index is 1010. The molecule has 0 heterocycles. The van der Waals surface area contributed by atoms with Crippen molar-refractivity contribution < 1.29 is 4.74 Å². The van der Waals surface area contributed by atoms with E-state index in [4.69, 9.17) is 16.2 Å². The lowest BCUT2D eigenvalue weighted by molar-refractivity contribution is 0.485. The van der Waals surface area contributed by atoms with Crippen LogP contribution in [0.2, 0.25) is 0 Å². The monoisotopic (exact) mass is 367 g/mol. The normalized spacial score (nSPS) is 10.4. The van der Waals surface area contributed by atoms with Gasteiger partial charge in [-0.15, -0.1) is 0 Å². The quantitative estimate of drug-likeness (QED) is 0.418. The fourth-order valence-corrected chi connectivity index (χ4v) is 3.05. The fourth-order valence-electron chi connectivity index (χ4n) is 3.05. The van der Waals surface area contributed by atoms with Gasteiger partial charge in [-0.05, 0) is 66.7 Å². The van der Waals surface area contributed by atoms with E-state index in [-0.39, 0.29) is 0 Å². The molecule has 0 amide bonds. The third-order valence-electron chi connectivity index (χ3n) is 4.39. The first-order valence-corrected chi connectivity index (χ1v) is 9.04. The molecule has 0 bridgehead atoms. The summed E-state index contributed by atoms with van der Waals surface area (Å²) in [5.74, 6) is 1.30. The number of rotatable bonds is 5. The van der Waals surface area contributed by atoms with Crippen LogP contribution < -0.4 is 21.1 Å². The minimum Gasteiger partial charge on any atom is -0.455 e. The van der Waals surface area contributed by atoms with Crippen LogP contribution in [0.4, 0.5) is 28.4 Å². The molecule has 0 spiro atoms. The molecule has 0 atom stereocenters. The molecule has 0 saturated carbocycles. The summed E-state index contributed by atoms with van der Waals surface area (Å²) >= 11 is 0. The molecule has 0 fully saturated rings. The zero-order chi connectivity index (χ0) is 19.3. The van der Waals surface area contributed by atoms with Crippen molar-refractivity contribution in [1.82, 2.24) is 0 Å². The number of ether oxygens (including phenoxy) is 1. The summed E-state index contributed by atoms with van der Waals surface area (Å²) in [4.78, 5) is 2.20. The Labute approximate surface area is 164 Å². The van der Waals surface area contributed by atoms with Gasteiger partial charge in [-0.1, -0.05) is 36.4 Å². The summed E-state index contributed by atoms with van der Waals surface area (Å²) < 4.78 is 5.91. The van der Waals surface area contributed by atoms with Gasteiger partial charge in [0.25, 0.3) is 0 Å². The van der Waals surface area contributed by atoms with Gasteiger partial charge >= 0.3 is 0 Å². The van der Waals surface area contributed by atoms with E-state index >= 15 is 0 Å². The number of nitrogens with zero attached hydrogens (tertiary/aromatic N) is 1. The second kappa shape index (κ2) is 7.76. The molecule has 28 heavy (non-hydrogen) atoms. The lowest BCUT2D eigenvalue weighted by Crippen LogP contribution is -2.09. The molecule has 4 heteroatoms. The van der Waals surface area contributed by atoms with Crippen LogP contribution in [0.3, 0.4) is 0 Å². The van der Waals surface area contributed by atoms with Crippen molar-refractivity contribution >= 4 is 28.4 Å². The zero-order valence-electron chi connectivity index (χ0n) is 15.3. The van der Waals surface area contributed by atoms with Gasteiger partial charge < -0.3 is 21.1 Å². The van der Waals surface area contributed by atoms with Crippen LogP contribution in [-0.2, 0) is 0 Å². The second-order valence-corrected chi connectivity index (χ2v) is 6.40. The molecule has 138 valence electrons. The molecule has 4 nitrogen and oxygen atoms in total. The van der Waals surface area contributed by atoms with Crippen LogP contribution in [0.15, 0.2) is 103 Å². The summed E-state index contributed by atoms with van der Waals surface area (Å²) in [5, 5.41) is 0. The molecular formula is C24H21N3O. The first kappa shape index (κ1) is 17.5. The average Bonchev–Trinajstić information content (AvgIpc) is 2.73. The fraction of sp³-hybridized carbons (Fsp3) is 0. The maximum absolute atomic E-state index is 5.99. The highest BCUT2D eigenvalue weighted by Gasteiger charge is 2.12. The van der Waals surface area contributed by atoms with E-state index in [0.29, 0.717) is 22.9 Å². The number of nitrogen functional groups attached to an aromatic ring is 2. The predicted octanol–water partition coefficient (Wildman–Crippen LogP) is 6.11. The molecule has 4 aromatic carbocycles. The van der Waals surface area contributed by atoms with Crippen LogP contribution in [-0.4, -0.2) is 0 Å². The molecule has 4 N–H and O–H groups in total. The molecule has 0 aromatic heterocycles. The van der Waals surface area contributed by atoms with Crippen LogP contribution in [0, 0.1) is 0 Å². The van der Waals surface area contributed by atoms with Gasteiger partial charge in [-0.25, -0.2) is 0 Å². The second-order valence-electron chi connectivity index (χ2n) is 6.40. The summed E-state index contributed by atoms with van der Waals surface area (Å²) in [6.45, 7) is 0. The van der Waals surface area contributed by atoms with Gasteiger partial charge in [0.05, 0.1) is 5.69 Å². The molecule has 0 aliphatic rings. The molecule has 0 saturated heterocycles. The van der Waals surface area contributed by atoms with E-state index in [1.54, 1.807) is 18.2 Å². The highest BCUT2D eigenvalue weighted by molar-refractivity contribution is 5.76. The molecule has 0 radical (unpaired) electrons. The molecule has 0 aliphatic heterocycles. The summed E-state index contributed by atoms with van der Waals surface area (Å²) in [5.41, 5.74) is 16.1. The van der Waals surface area contributed by atoms with Gasteiger partial charge in [0.2, 0.25) is 0 Å². The van der Waals surface area contributed by atoms with E-state index in [9.17, 15) is 0 Å². The van der Waals surface area contributed by atoms with Crippen LogP contribution in [0.25, 0.3) is 0 Å². The number of nitrogens with two attached hydrogens (primary N) is 2. The van der Waals surface area contributed by atoms with E-state index in [0.717, 1.165) is 17.1 Å². The standard InChI is InChI=1S/C24H21N3O/c25-18-11-16-24(23(26)17-18)28-22-14-12-21(13-15-22)27(19-7-3-1-4-8-19)20-9-5-2-6-10-20/h1-17H,25-26H2. The molecular weight excluding hydrogens is 346 g/mol. The van der Waals surface area contributed by atoms with E-state index in [1.165, 1.54) is 0 Å². The van der Waals surface area contributed by atoms with Crippen molar-refractivity contribution in [3.05, 3.63) is 103 Å². The third-order valence-corrected chi connectivity index (χ3v) is 4.39. The maximum Gasteiger partial charge on any atom is 0.150 e. The Morgan fingerprint density at radius 1 is 0.571 bits per heavy atom. The largest absolute Gasteiger partial charge is 0.455 e. The van der Waals surface area contributed by atoms with Crippen molar-refractivity contribution in [3.8, 4) is 11.5 Å². The minimum absolute atomic E-state index is 0.513. The molecule has 0 aliphatic carbocycles. The Morgan fingerprint density at radius 3 is 1.64 bits per heavy atom. The number of hydrogen-bond acceptors (Lipinski definition) is 4. The third kappa shape index (κ3) is 3.76. The van der Waals surface area contributed by atoms with E-state index in [1.807, 2.05) is 60.7 Å². The van der Waals surface area contributed by atoms with Gasteiger partial charge in [0.15, 0.2) is 0 Å². The Morgan fingerprint density at radius 2 is 1.11 bits per heavy atom. The lowest BCUT2D eigenvalue weighted by Gasteiger charge is -2.25. The van der Waals surface area contributed by atoms with Crippen molar-refractivity contribution in [2.24, 2.45) is 0 Å². The van der Waals surface area contributed by atoms with Gasteiger partial charge in [-0.3, -0.25) is 0 Å². The van der Waals surface area contributed by atoms with Gasteiger partial charge in [0, 0.05) is 22.7 Å². The number of anilines is 5. The Hall–Kier alpha value is -3.92. The minimum atomic E-state index is 0.513. The summed E-state index contributed by atoms with van der Waals surface area (Å²) in [6.07, 6.45) is 0. The first-order chi connectivity index (χ1) is 13.7. The van der Waals surface area contributed by atoms with Crippen LogP contribution in [0.5, 0.6) is 11.5 Å². The smallest absolute Gasteiger partial charge is 0.150 e. The summed E-state index contributed by atoms with van der Waals surface area (Å²) in [6, 6.07) is 33.7. The number of benzene rings is 4. The first-order valence-electron chi connectivity index (χ1n) is 9.04. The molecule has 0 unspecified atom stereocenters. The van der Waals surface area contributed by atoms with Crippen molar-refractivity contribution in [2.45, 2.75) is 0 Å². The topological polar surface area (TPSA) is 64.5 Å². The highest BCUT2D eigenvalue weighted by atomic mass is 16.5. The van der Waals surface area contributed by atoms with Crippen molar-refractivity contribution in [3.63, 3.8) is 0 Å². The average molecular weight is 367 g/mol. The summed E-state index contributed by atoms with van der Waals surface area (Å²) in [7, 11) is 0. The van der Waals surface area contributed by atoms with Crippen molar-refractivity contribution in [1.29, 1.82) is 0 Å². The van der Waals surface area contributed by atoms with Crippen molar-refractivity contribution in [2.75, 3.05) is 16.4 Å². The number of para-hydroxylation sites is 2. The lowest BCUT2D eigenvalue weighted by atomic mass is 10.2. The Balaban J connectivity index is 1.65. The Kier molecular flexibility index (Phi) is 4.85. The number of hydrogen-bond donors (Lipinski definition) is 2.